The van der Waals surface area contributed by atoms with E-state index < -0.39 is 11.1 Å². The first-order valence-corrected chi connectivity index (χ1v) is 10.6. The lowest BCUT2D eigenvalue weighted by molar-refractivity contribution is 0.0950. The highest BCUT2D eigenvalue weighted by Crippen LogP contribution is 2.17. The van der Waals surface area contributed by atoms with Crippen molar-refractivity contribution < 1.29 is 9.53 Å². The molecule has 1 N–H and O–H groups in total. The number of aryl methyl sites for hydroxylation is 1. The van der Waals surface area contributed by atoms with Gasteiger partial charge in [-0.3, -0.25) is 23.5 Å². The van der Waals surface area contributed by atoms with Gasteiger partial charge in [0.25, 0.3) is 5.91 Å². The molecular weight excluding hydrogens is 420 g/mol. The van der Waals surface area contributed by atoms with Gasteiger partial charge in [-0.05, 0) is 42.8 Å². The van der Waals surface area contributed by atoms with Gasteiger partial charge in [-0.15, -0.1) is 0 Å². The van der Waals surface area contributed by atoms with Crippen molar-refractivity contribution in [2.24, 2.45) is 0 Å². The van der Waals surface area contributed by atoms with Gasteiger partial charge in [-0.2, -0.15) is 0 Å². The zero-order valence-electron chi connectivity index (χ0n) is 18.4. The summed E-state index contributed by atoms with van der Waals surface area (Å²) in [6.07, 6.45) is 1.60. The number of methoxy groups -OCH3 is 1. The second-order valence-corrected chi connectivity index (χ2v) is 7.48. The highest BCUT2D eigenvalue weighted by molar-refractivity contribution is 5.94. The maximum atomic E-state index is 12.7. The van der Waals surface area contributed by atoms with E-state index in [-0.39, 0.29) is 12.5 Å². The molecule has 0 aliphatic carbocycles. The van der Waals surface area contributed by atoms with Crippen LogP contribution in [0.4, 0.5) is 0 Å². The molecule has 0 spiro atoms. The number of aromatic nitrogens is 3. The molecule has 0 aliphatic heterocycles. The summed E-state index contributed by atoms with van der Waals surface area (Å²) in [6, 6.07) is 18.0. The minimum Gasteiger partial charge on any atom is -0.496 e. The largest absolute Gasteiger partial charge is 0.496 e. The lowest BCUT2D eigenvalue weighted by atomic mass is 10.1. The lowest BCUT2D eigenvalue weighted by Gasteiger charge is -2.13. The number of amides is 1. The molecule has 33 heavy (non-hydrogen) atoms. The molecule has 8 nitrogen and oxygen atoms in total. The van der Waals surface area contributed by atoms with E-state index in [1.807, 2.05) is 24.3 Å². The first kappa shape index (κ1) is 22.0. The van der Waals surface area contributed by atoms with Crippen LogP contribution in [0.5, 0.6) is 5.75 Å². The van der Waals surface area contributed by atoms with E-state index in [0.29, 0.717) is 35.6 Å². The van der Waals surface area contributed by atoms with Gasteiger partial charge in [0, 0.05) is 30.4 Å². The topological polar surface area (TPSA) is 95.2 Å². The van der Waals surface area contributed by atoms with Crippen molar-refractivity contribution in [2.45, 2.75) is 26.6 Å². The third-order valence-corrected chi connectivity index (χ3v) is 5.49. The molecule has 0 bridgehead atoms. The van der Waals surface area contributed by atoms with Crippen LogP contribution in [0.15, 0.2) is 76.4 Å². The van der Waals surface area contributed by atoms with E-state index in [4.69, 9.17) is 4.74 Å². The van der Waals surface area contributed by atoms with Gasteiger partial charge in [0.05, 0.1) is 19.2 Å². The molecule has 2 aromatic carbocycles. The van der Waals surface area contributed by atoms with Crippen LogP contribution < -0.4 is 21.2 Å². The van der Waals surface area contributed by atoms with Crippen LogP contribution in [0.2, 0.25) is 0 Å². The molecule has 0 atom stereocenters. The number of carbonyl (C=O) groups is 1. The minimum absolute atomic E-state index is 0.198. The van der Waals surface area contributed by atoms with Crippen molar-refractivity contribution in [3.8, 4) is 5.75 Å². The molecule has 0 unspecified atom stereocenters. The van der Waals surface area contributed by atoms with Gasteiger partial charge < -0.3 is 10.1 Å². The van der Waals surface area contributed by atoms with Gasteiger partial charge >= 0.3 is 11.1 Å². The molecule has 0 saturated carbocycles. The van der Waals surface area contributed by atoms with Crippen LogP contribution in [0.1, 0.15) is 28.4 Å². The summed E-state index contributed by atoms with van der Waals surface area (Å²) >= 11 is 0. The Morgan fingerprint density at radius 1 is 0.970 bits per heavy atom. The van der Waals surface area contributed by atoms with E-state index in [1.165, 1.54) is 9.13 Å². The molecule has 4 aromatic rings. The van der Waals surface area contributed by atoms with Crippen molar-refractivity contribution in [3.63, 3.8) is 0 Å². The van der Waals surface area contributed by atoms with Gasteiger partial charge in [-0.25, -0.2) is 4.98 Å². The highest BCUT2D eigenvalue weighted by Gasteiger charge is 2.14. The average Bonchev–Trinajstić information content (AvgIpc) is 2.86. The Morgan fingerprint density at radius 3 is 2.42 bits per heavy atom. The van der Waals surface area contributed by atoms with Crippen LogP contribution in [0.3, 0.4) is 0 Å². The van der Waals surface area contributed by atoms with Gasteiger partial charge in [-0.1, -0.05) is 30.3 Å². The average molecular weight is 444 g/mol. The predicted molar refractivity (Wildman–Crippen MR) is 126 cm³/mol. The minimum atomic E-state index is -0.601. The molecule has 2 aromatic heterocycles. The zero-order valence-corrected chi connectivity index (χ0v) is 18.4. The van der Waals surface area contributed by atoms with Gasteiger partial charge in [0.2, 0.25) is 0 Å². The SMILES string of the molecule is CCn1c(=O)c(=O)n(Cc2ccc(C(=O)NCc3ccccc3OC)cc2)c2cccnc21. The number of ether oxygens (including phenoxy) is 1. The number of hydrogen-bond acceptors (Lipinski definition) is 5. The molecule has 0 radical (unpaired) electrons. The predicted octanol–water partition coefficient (Wildman–Crippen LogP) is 2.57. The molecule has 168 valence electrons. The van der Waals surface area contributed by atoms with E-state index in [2.05, 4.69) is 10.3 Å². The number of benzene rings is 2. The van der Waals surface area contributed by atoms with E-state index in [0.717, 1.165) is 11.1 Å². The summed E-state index contributed by atoms with van der Waals surface area (Å²) in [4.78, 5) is 42.1. The Kier molecular flexibility index (Phi) is 6.35. The zero-order chi connectivity index (χ0) is 23.4. The van der Waals surface area contributed by atoms with Crippen molar-refractivity contribution in [3.05, 3.63) is 104 Å². The monoisotopic (exact) mass is 444 g/mol. The number of nitrogens with zero attached hydrogens (tertiary/aromatic N) is 3. The second-order valence-electron chi connectivity index (χ2n) is 7.48. The maximum Gasteiger partial charge on any atom is 0.318 e. The van der Waals surface area contributed by atoms with E-state index in [9.17, 15) is 14.4 Å². The fourth-order valence-corrected chi connectivity index (χ4v) is 3.76. The Bertz CT molecular complexity index is 1420. The molecule has 8 heteroatoms. The summed E-state index contributed by atoms with van der Waals surface area (Å²) in [6.45, 7) is 2.70. The van der Waals surface area contributed by atoms with Gasteiger partial charge in [0.1, 0.15) is 5.75 Å². The fraction of sp³-hybridized carbons (Fsp3) is 0.200. The highest BCUT2D eigenvalue weighted by atomic mass is 16.5. The Morgan fingerprint density at radius 2 is 1.70 bits per heavy atom. The number of nitrogens with one attached hydrogen (secondary N) is 1. The molecular formula is C25H24N4O4. The van der Waals surface area contributed by atoms with Crippen molar-refractivity contribution in [2.75, 3.05) is 7.11 Å². The number of hydrogen-bond donors (Lipinski definition) is 1. The first-order valence-electron chi connectivity index (χ1n) is 10.6. The third kappa shape index (κ3) is 4.41. The number of fused-ring (bicyclic) bond motifs is 1. The van der Waals surface area contributed by atoms with Crippen LogP contribution in [0, 0.1) is 0 Å². The van der Waals surface area contributed by atoms with Crippen LogP contribution >= 0.6 is 0 Å². The molecule has 2 heterocycles. The van der Waals surface area contributed by atoms with Crippen molar-refractivity contribution >= 4 is 17.1 Å². The second kappa shape index (κ2) is 9.52. The van der Waals surface area contributed by atoms with Crippen LogP contribution in [0.25, 0.3) is 11.2 Å². The normalized spacial score (nSPS) is 10.8. The van der Waals surface area contributed by atoms with E-state index in [1.54, 1.807) is 56.6 Å². The third-order valence-electron chi connectivity index (χ3n) is 5.49. The van der Waals surface area contributed by atoms with Crippen LogP contribution in [-0.4, -0.2) is 27.1 Å². The smallest absolute Gasteiger partial charge is 0.318 e. The molecule has 0 saturated heterocycles. The number of rotatable bonds is 7. The Balaban J connectivity index is 1.54. The molecule has 4 rings (SSSR count). The summed E-state index contributed by atoms with van der Waals surface area (Å²) in [5, 5.41) is 2.89. The Hall–Kier alpha value is -4.20. The fourth-order valence-electron chi connectivity index (χ4n) is 3.76. The van der Waals surface area contributed by atoms with Crippen molar-refractivity contribution in [1.82, 2.24) is 19.4 Å². The number of pyridine rings is 1. The van der Waals surface area contributed by atoms with Gasteiger partial charge in [0.15, 0.2) is 5.65 Å². The first-order chi connectivity index (χ1) is 16.0. The van der Waals surface area contributed by atoms with E-state index >= 15 is 0 Å². The standard InChI is InChI=1S/C25H24N4O4/c1-3-28-22-20(8-6-14-26-22)29(25(32)24(28)31)16-17-10-12-18(13-11-17)23(30)27-15-19-7-4-5-9-21(19)33-2/h4-14H,3,15-16H2,1-2H3,(H,27,30). The maximum absolute atomic E-state index is 12.7. The molecule has 1 amide bonds. The number of carbonyl (C=O) groups excluding carboxylic acids is 1. The summed E-state index contributed by atoms with van der Waals surface area (Å²) in [7, 11) is 1.59. The summed E-state index contributed by atoms with van der Waals surface area (Å²) in [5.74, 6) is 0.495. The number of para-hydroxylation sites is 1. The molecule has 0 fully saturated rings. The Labute approximate surface area is 190 Å². The van der Waals surface area contributed by atoms with Crippen molar-refractivity contribution in [1.29, 1.82) is 0 Å². The van der Waals surface area contributed by atoms with Crippen LogP contribution in [-0.2, 0) is 19.6 Å². The summed E-state index contributed by atoms with van der Waals surface area (Å²) < 4.78 is 8.11. The molecule has 0 aliphatic rings. The summed E-state index contributed by atoms with van der Waals surface area (Å²) in [5.41, 5.74) is 2.02. The quantitative estimate of drug-likeness (QED) is 0.442. The lowest BCUT2D eigenvalue weighted by Crippen LogP contribution is -2.41.